The molecular weight excluding hydrogens is 413 g/mol. The SMILES string of the molecule is Cl.O=C(C=Cc1ccc(Cl)cc1Cl)CCN1CCCCC1Cc1ccccc1. The Balaban J connectivity index is 0.00000280. The molecule has 2 aromatic rings. The predicted octanol–water partition coefficient (Wildman–Crippen LogP) is 6.48. The molecule has 0 radical (unpaired) electrons. The molecule has 1 aliphatic heterocycles. The molecule has 0 saturated carbocycles. The lowest BCUT2D eigenvalue weighted by Gasteiger charge is -2.35. The van der Waals surface area contributed by atoms with Crippen LogP contribution in [0.1, 0.15) is 36.8 Å². The molecule has 1 heterocycles. The second-order valence-electron chi connectivity index (χ2n) is 7.09. The highest BCUT2D eigenvalue weighted by atomic mass is 35.5. The highest BCUT2D eigenvalue weighted by molar-refractivity contribution is 6.35. The summed E-state index contributed by atoms with van der Waals surface area (Å²) in [5.41, 5.74) is 2.19. The lowest BCUT2D eigenvalue weighted by atomic mass is 9.95. The van der Waals surface area contributed by atoms with Crippen molar-refractivity contribution in [1.82, 2.24) is 4.90 Å². The van der Waals surface area contributed by atoms with Crippen LogP contribution in [0.25, 0.3) is 6.08 Å². The van der Waals surface area contributed by atoms with Crippen molar-refractivity contribution in [2.24, 2.45) is 0 Å². The Morgan fingerprint density at radius 2 is 1.89 bits per heavy atom. The average molecular weight is 439 g/mol. The minimum absolute atomic E-state index is 0. The summed E-state index contributed by atoms with van der Waals surface area (Å²) in [5, 5.41) is 1.16. The van der Waals surface area contributed by atoms with Gasteiger partial charge in [0.1, 0.15) is 0 Å². The van der Waals surface area contributed by atoms with E-state index in [1.165, 1.54) is 24.8 Å². The molecule has 0 spiro atoms. The van der Waals surface area contributed by atoms with Gasteiger partial charge in [0.15, 0.2) is 5.78 Å². The van der Waals surface area contributed by atoms with E-state index < -0.39 is 0 Å². The van der Waals surface area contributed by atoms with Crippen LogP contribution >= 0.6 is 35.6 Å². The van der Waals surface area contributed by atoms with Crippen LogP contribution in [0.4, 0.5) is 0 Å². The first-order chi connectivity index (χ1) is 13.1. The lowest BCUT2D eigenvalue weighted by Crippen LogP contribution is -2.41. The van der Waals surface area contributed by atoms with Gasteiger partial charge in [-0.1, -0.05) is 66.0 Å². The van der Waals surface area contributed by atoms with E-state index in [-0.39, 0.29) is 18.2 Å². The monoisotopic (exact) mass is 437 g/mol. The summed E-state index contributed by atoms with van der Waals surface area (Å²) in [6.07, 6.45) is 8.70. The maximum Gasteiger partial charge on any atom is 0.156 e. The fraction of sp³-hybridized carbons (Fsp3) is 0.348. The van der Waals surface area contributed by atoms with Crippen molar-refractivity contribution in [3.8, 4) is 0 Å². The van der Waals surface area contributed by atoms with Crippen LogP contribution in [-0.4, -0.2) is 29.8 Å². The smallest absolute Gasteiger partial charge is 0.156 e. The lowest BCUT2D eigenvalue weighted by molar-refractivity contribution is -0.115. The Bertz CT molecular complexity index is 792. The summed E-state index contributed by atoms with van der Waals surface area (Å²) in [5.74, 6) is 0.130. The Morgan fingerprint density at radius 3 is 2.64 bits per heavy atom. The van der Waals surface area contributed by atoms with Crippen molar-refractivity contribution < 1.29 is 4.79 Å². The number of hydrogen-bond acceptors (Lipinski definition) is 2. The van der Waals surface area contributed by atoms with Crippen LogP contribution in [0.5, 0.6) is 0 Å². The number of likely N-dealkylation sites (tertiary alicyclic amines) is 1. The first-order valence-electron chi connectivity index (χ1n) is 9.56. The van der Waals surface area contributed by atoms with Gasteiger partial charge in [0.25, 0.3) is 0 Å². The third kappa shape index (κ3) is 6.93. The molecule has 1 fully saturated rings. The van der Waals surface area contributed by atoms with E-state index in [4.69, 9.17) is 23.2 Å². The van der Waals surface area contributed by atoms with Crippen LogP contribution in [0, 0.1) is 0 Å². The highest BCUT2D eigenvalue weighted by Crippen LogP contribution is 2.23. The number of halogens is 3. The van der Waals surface area contributed by atoms with Gasteiger partial charge in [0, 0.05) is 29.1 Å². The zero-order valence-electron chi connectivity index (χ0n) is 15.8. The topological polar surface area (TPSA) is 20.3 Å². The van der Waals surface area contributed by atoms with Gasteiger partial charge in [-0.3, -0.25) is 9.69 Å². The van der Waals surface area contributed by atoms with Gasteiger partial charge in [-0.25, -0.2) is 0 Å². The molecule has 2 nitrogen and oxygen atoms in total. The van der Waals surface area contributed by atoms with E-state index in [2.05, 4.69) is 35.2 Å². The van der Waals surface area contributed by atoms with E-state index in [1.54, 1.807) is 24.3 Å². The standard InChI is InChI=1S/C23H25Cl2NO.ClH/c24-20-11-9-19(23(25)17-20)10-12-22(27)13-15-26-14-5-4-8-21(26)16-18-6-2-1-3-7-18;/h1-3,6-7,9-12,17,21H,4-5,8,13-16H2;1H. The third-order valence-corrected chi connectivity index (χ3v) is 5.68. The first kappa shape index (κ1) is 23.0. The predicted molar refractivity (Wildman–Crippen MR) is 122 cm³/mol. The van der Waals surface area contributed by atoms with Gasteiger partial charge in [0.2, 0.25) is 0 Å². The number of carbonyl (C=O) groups excluding carboxylic acids is 1. The Kier molecular flexibility index (Phi) is 9.53. The van der Waals surface area contributed by atoms with Crippen LogP contribution in [-0.2, 0) is 11.2 Å². The summed E-state index contributed by atoms with van der Waals surface area (Å²) < 4.78 is 0. The van der Waals surface area contributed by atoms with Crippen LogP contribution in [0.2, 0.25) is 10.0 Å². The number of allylic oxidation sites excluding steroid dienone is 1. The highest BCUT2D eigenvalue weighted by Gasteiger charge is 2.22. The summed E-state index contributed by atoms with van der Waals surface area (Å²) in [4.78, 5) is 14.8. The molecule has 0 amide bonds. The normalized spacial score (nSPS) is 17.4. The average Bonchev–Trinajstić information content (AvgIpc) is 2.67. The second kappa shape index (κ2) is 11.6. The Morgan fingerprint density at radius 1 is 1.11 bits per heavy atom. The van der Waals surface area contributed by atoms with E-state index >= 15 is 0 Å². The summed E-state index contributed by atoms with van der Waals surface area (Å²) in [6, 6.07) is 16.5. The molecular formula is C23H26Cl3NO. The first-order valence-corrected chi connectivity index (χ1v) is 10.3. The maximum absolute atomic E-state index is 12.3. The third-order valence-electron chi connectivity index (χ3n) is 5.12. The molecule has 1 atom stereocenters. The van der Waals surface area contributed by atoms with Gasteiger partial charge in [-0.15, -0.1) is 12.4 Å². The number of carbonyl (C=O) groups is 1. The van der Waals surface area contributed by atoms with Gasteiger partial charge < -0.3 is 0 Å². The van der Waals surface area contributed by atoms with Gasteiger partial charge in [-0.05, 0) is 61.2 Å². The molecule has 0 aromatic heterocycles. The number of nitrogens with zero attached hydrogens (tertiary/aromatic N) is 1. The Labute approximate surface area is 183 Å². The molecule has 1 aliphatic rings. The Hall–Kier alpha value is -1.32. The van der Waals surface area contributed by atoms with Crippen molar-refractivity contribution >= 4 is 47.5 Å². The van der Waals surface area contributed by atoms with Gasteiger partial charge >= 0.3 is 0 Å². The maximum atomic E-state index is 12.3. The molecule has 3 rings (SSSR count). The fourth-order valence-electron chi connectivity index (χ4n) is 3.63. The van der Waals surface area contributed by atoms with Gasteiger partial charge in [-0.2, -0.15) is 0 Å². The van der Waals surface area contributed by atoms with E-state index in [1.807, 2.05) is 6.07 Å². The zero-order chi connectivity index (χ0) is 19.1. The molecule has 0 N–H and O–H groups in total. The minimum atomic E-state index is 0. The van der Waals surface area contributed by atoms with Crippen molar-refractivity contribution in [2.45, 2.75) is 38.1 Å². The summed E-state index contributed by atoms with van der Waals surface area (Å²) >= 11 is 12.1. The number of ketones is 1. The second-order valence-corrected chi connectivity index (χ2v) is 7.93. The summed E-state index contributed by atoms with van der Waals surface area (Å²) in [7, 11) is 0. The molecule has 1 saturated heterocycles. The molecule has 28 heavy (non-hydrogen) atoms. The van der Waals surface area contributed by atoms with Crippen LogP contribution in [0.3, 0.4) is 0 Å². The fourth-order valence-corrected chi connectivity index (χ4v) is 4.10. The quantitative estimate of drug-likeness (QED) is 0.461. The summed E-state index contributed by atoms with van der Waals surface area (Å²) in [6.45, 7) is 1.90. The van der Waals surface area contributed by atoms with Crippen LogP contribution < -0.4 is 0 Å². The van der Waals surface area contributed by atoms with Gasteiger partial charge in [0.05, 0.1) is 0 Å². The van der Waals surface area contributed by atoms with Crippen molar-refractivity contribution in [3.63, 3.8) is 0 Å². The van der Waals surface area contributed by atoms with Crippen molar-refractivity contribution in [3.05, 3.63) is 75.8 Å². The molecule has 0 aliphatic carbocycles. The number of piperidine rings is 1. The van der Waals surface area contributed by atoms with E-state index in [9.17, 15) is 4.79 Å². The van der Waals surface area contributed by atoms with E-state index in [0.717, 1.165) is 25.1 Å². The largest absolute Gasteiger partial charge is 0.300 e. The number of hydrogen-bond donors (Lipinski definition) is 0. The molecule has 150 valence electrons. The molecule has 5 heteroatoms. The molecule has 0 bridgehead atoms. The molecule has 1 unspecified atom stereocenters. The van der Waals surface area contributed by atoms with E-state index in [0.29, 0.717) is 22.5 Å². The minimum Gasteiger partial charge on any atom is -0.300 e. The zero-order valence-corrected chi connectivity index (χ0v) is 18.1. The van der Waals surface area contributed by atoms with Crippen molar-refractivity contribution in [2.75, 3.05) is 13.1 Å². The van der Waals surface area contributed by atoms with Crippen molar-refractivity contribution in [1.29, 1.82) is 0 Å². The number of benzene rings is 2. The molecule has 2 aromatic carbocycles. The number of rotatable bonds is 7. The van der Waals surface area contributed by atoms with Crippen LogP contribution in [0.15, 0.2) is 54.6 Å².